The Balaban J connectivity index is 1.93. The molecule has 1 aromatic carbocycles. The third-order valence-electron chi connectivity index (χ3n) is 3.33. The Morgan fingerprint density at radius 2 is 1.91 bits per heavy atom. The first-order valence-corrected chi connectivity index (χ1v) is 7.32. The molecule has 0 radical (unpaired) electrons. The minimum absolute atomic E-state index is 0.592. The van der Waals surface area contributed by atoms with Crippen LogP contribution < -0.4 is 20.1 Å². The molecule has 0 amide bonds. The minimum atomic E-state index is 0.592. The van der Waals surface area contributed by atoms with E-state index in [-0.39, 0.29) is 0 Å². The first-order chi connectivity index (χ1) is 11.3. The van der Waals surface area contributed by atoms with Crippen LogP contribution in [0.1, 0.15) is 11.3 Å². The van der Waals surface area contributed by atoms with Crippen LogP contribution in [0.2, 0.25) is 0 Å². The van der Waals surface area contributed by atoms with Crippen molar-refractivity contribution in [3.8, 4) is 11.5 Å². The van der Waals surface area contributed by atoms with Gasteiger partial charge < -0.3 is 20.1 Å². The number of benzene rings is 1. The SMILES string of the molecule is CN=C(NCc1ccccn1)NCc1ccc(OC)cc1OC. The Morgan fingerprint density at radius 1 is 1.09 bits per heavy atom. The van der Waals surface area contributed by atoms with Crippen molar-refractivity contribution in [3.05, 3.63) is 53.9 Å². The zero-order chi connectivity index (χ0) is 16.5. The van der Waals surface area contributed by atoms with Gasteiger partial charge in [0.25, 0.3) is 0 Å². The second-order valence-corrected chi connectivity index (χ2v) is 4.78. The van der Waals surface area contributed by atoms with E-state index in [1.165, 1.54) is 0 Å². The summed E-state index contributed by atoms with van der Waals surface area (Å²) in [5.74, 6) is 2.24. The molecule has 0 fully saturated rings. The summed E-state index contributed by atoms with van der Waals surface area (Å²) in [5.41, 5.74) is 1.98. The van der Waals surface area contributed by atoms with Crippen LogP contribution in [0, 0.1) is 0 Å². The van der Waals surface area contributed by atoms with E-state index in [2.05, 4.69) is 20.6 Å². The average Bonchev–Trinajstić information content (AvgIpc) is 2.62. The molecule has 6 nitrogen and oxygen atoms in total. The first kappa shape index (κ1) is 16.6. The number of nitrogens with zero attached hydrogens (tertiary/aromatic N) is 2. The Bertz CT molecular complexity index is 644. The first-order valence-electron chi connectivity index (χ1n) is 7.32. The Kier molecular flexibility index (Phi) is 6.23. The molecule has 0 saturated carbocycles. The van der Waals surface area contributed by atoms with Gasteiger partial charge in [0.2, 0.25) is 0 Å². The molecule has 2 aromatic rings. The van der Waals surface area contributed by atoms with Gasteiger partial charge in [0, 0.05) is 31.4 Å². The van der Waals surface area contributed by atoms with Gasteiger partial charge in [-0.15, -0.1) is 0 Å². The molecule has 0 aliphatic rings. The molecule has 122 valence electrons. The van der Waals surface area contributed by atoms with Crippen LogP contribution in [0.15, 0.2) is 47.6 Å². The lowest BCUT2D eigenvalue weighted by atomic mass is 10.2. The molecule has 0 bridgehead atoms. The number of aliphatic imine (C=N–C) groups is 1. The van der Waals surface area contributed by atoms with Crippen LogP contribution in [0.5, 0.6) is 11.5 Å². The fraction of sp³-hybridized carbons (Fsp3) is 0.294. The summed E-state index contributed by atoms with van der Waals surface area (Å²) in [4.78, 5) is 8.48. The maximum absolute atomic E-state index is 5.39. The van der Waals surface area contributed by atoms with Gasteiger partial charge >= 0.3 is 0 Å². The van der Waals surface area contributed by atoms with Crippen molar-refractivity contribution in [1.82, 2.24) is 15.6 Å². The Morgan fingerprint density at radius 3 is 2.57 bits per heavy atom. The number of hydrogen-bond acceptors (Lipinski definition) is 4. The normalized spacial score (nSPS) is 11.0. The summed E-state index contributed by atoms with van der Waals surface area (Å²) in [6.07, 6.45) is 1.77. The van der Waals surface area contributed by atoms with Gasteiger partial charge in [-0.25, -0.2) is 0 Å². The maximum Gasteiger partial charge on any atom is 0.191 e. The maximum atomic E-state index is 5.39. The molecule has 0 saturated heterocycles. The largest absolute Gasteiger partial charge is 0.497 e. The summed E-state index contributed by atoms with van der Waals surface area (Å²) in [5, 5.41) is 6.49. The van der Waals surface area contributed by atoms with E-state index in [1.807, 2.05) is 36.4 Å². The third-order valence-corrected chi connectivity index (χ3v) is 3.33. The quantitative estimate of drug-likeness (QED) is 0.630. The van der Waals surface area contributed by atoms with E-state index >= 15 is 0 Å². The molecule has 2 rings (SSSR count). The highest BCUT2D eigenvalue weighted by atomic mass is 16.5. The van der Waals surface area contributed by atoms with Gasteiger partial charge in [-0.05, 0) is 24.3 Å². The topological polar surface area (TPSA) is 67.8 Å². The number of pyridine rings is 1. The van der Waals surface area contributed by atoms with Crippen LogP contribution in [-0.4, -0.2) is 32.2 Å². The molecule has 1 aromatic heterocycles. The molecule has 2 N–H and O–H groups in total. The van der Waals surface area contributed by atoms with E-state index in [9.17, 15) is 0 Å². The molecule has 0 atom stereocenters. The highest BCUT2D eigenvalue weighted by Gasteiger charge is 2.06. The summed E-state index contributed by atoms with van der Waals surface area (Å²) < 4.78 is 10.6. The van der Waals surface area contributed by atoms with Gasteiger partial charge in [0.05, 0.1) is 26.5 Å². The minimum Gasteiger partial charge on any atom is -0.497 e. The lowest BCUT2D eigenvalue weighted by molar-refractivity contribution is 0.390. The van der Waals surface area contributed by atoms with Gasteiger partial charge in [0.1, 0.15) is 11.5 Å². The number of methoxy groups -OCH3 is 2. The fourth-order valence-corrected chi connectivity index (χ4v) is 2.07. The van der Waals surface area contributed by atoms with Crippen molar-refractivity contribution in [2.45, 2.75) is 13.1 Å². The molecule has 0 unspecified atom stereocenters. The zero-order valence-corrected chi connectivity index (χ0v) is 13.7. The van der Waals surface area contributed by atoms with Crippen LogP contribution in [0.25, 0.3) is 0 Å². The number of nitrogens with one attached hydrogen (secondary N) is 2. The smallest absolute Gasteiger partial charge is 0.191 e. The van der Waals surface area contributed by atoms with Crippen LogP contribution in [0.3, 0.4) is 0 Å². The summed E-state index contributed by atoms with van der Waals surface area (Å²) in [6.45, 7) is 1.20. The molecule has 0 aliphatic carbocycles. The highest BCUT2D eigenvalue weighted by Crippen LogP contribution is 2.24. The van der Waals surface area contributed by atoms with Crippen molar-refractivity contribution >= 4 is 5.96 Å². The number of rotatable bonds is 6. The van der Waals surface area contributed by atoms with Crippen molar-refractivity contribution in [2.75, 3.05) is 21.3 Å². The Labute approximate surface area is 136 Å². The lowest BCUT2D eigenvalue weighted by Crippen LogP contribution is -2.36. The molecule has 0 spiro atoms. The third kappa shape index (κ3) is 4.88. The van der Waals surface area contributed by atoms with Gasteiger partial charge in [-0.2, -0.15) is 0 Å². The highest BCUT2D eigenvalue weighted by molar-refractivity contribution is 5.79. The standard InChI is InChI=1S/C17H22N4O2/c1-18-17(21-12-14-6-4-5-9-19-14)20-11-13-7-8-15(22-2)10-16(13)23-3/h4-10H,11-12H2,1-3H3,(H2,18,20,21). The van der Waals surface area contributed by atoms with Gasteiger partial charge in [-0.3, -0.25) is 9.98 Å². The van der Waals surface area contributed by atoms with E-state index < -0.39 is 0 Å². The predicted molar refractivity (Wildman–Crippen MR) is 90.8 cm³/mol. The molecular weight excluding hydrogens is 292 g/mol. The number of ether oxygens (including phenoxy) is 2. The lowest BCUT2D eigenvalue weighted by Gasteiger charge is -2.14. The van der Waals surface area contributed by atoms with Crippen LogP contribution >= 0.6 is 0 Å². The van der Waals surface area contributed by atoms with Gasteiger partial charge in [-0.1, -0.05) is 6.07 Å². The van der Waals surface area contributed by atoms with Gasteiger partial charge in [0.15, 0.2) is 5.96 Å². The number of guanidine groups is 1. The average molecular weight is 314 g/mol. The van der Waals surface area contributed by atoms with E-state index in [4.69, 9.17) is 9.47 Å². The molecule has 0 aliphatic heterocycles. The molecule has 1 heterocycles. The molecule has 6 heteroatoms. The molecular formula is C17H22N4O2. The van der Waals surface area contributed by atoms with Crippen molar-refractivity contribution < 1.29 is 9.47 Å². The summed E-state index contributed by atoms with van der Waals surface area (Å²) in [7, 11) is 5.02. The van der Waals surface area contributed by atoms with E-state index in [0.717, 1.165) is 22.8 Å². The van der Waals surface area contributed by atoms with Crippen LogP contribution in [0.4, 0.5) is 0 Å². The van der Waals surface area contributed by atoms with E-state index in [0.29, 0.717) is 19.0 Å². The van der Waals surface area contributed by atoms with E-state index in [1.54, 1.807) is 27.5 Å². The summed E-state index contributed by atoms with van der Waals surface area (Å²) >= 11 is 0. The van der Waals surface area contributed by atoms with Crippen molar-refractivity contribution in [3.63, 3.8) is 0 Å². The van der Waals surface area contributed by atoms with Crippen LogP contribution in [-0.2, 0) is 13.1 Å². The monoisotopic (exact) mass is 314 g/mol. The Hall–Kier alpha value is -2.76. The zero-order valence-electron chi connectivity index (χ0n) is 13.7. The van der Waals surface area contributed by atoms with Crippen molar-refractivity contribution in [2.24, 2.45) is 4.99 Å². The second-order valence-electron chi connectivity index (χ2n) is 4.78. The van der Waals surface area contributed by atoms with Crippen molar-refractivity contribution in [1.29, 1.82) is 0 Å². The molecule has 23 heavy (non-hydrogen) atoms. The number of aromatic nitrogens is 1. The summed E-state index contributed by atoms with van der Waals surface area (Å²) in [6, 6.07) is 11.6. The predicted octanol–water partition coefficient (Wildman–Crippen LogP) is 1.96. The number of hydrogen-bond donors (Lipinski definition) is 2. The fourth-order valence-electron chi connectivity index (χ4n) is 2.07. The second kappa shape index (κ2) is 8.63.